The Morgan fingerprint density at radius 1 is 0.925 bits per heavy atom. The van der Waals surface area contributed by atoms with E-state index < -0.39 is 34.4 Å². The second kappa shape index (κ2) is 12.2. The van der Waals surface area contributed by atoms with Gasteiger partial charge in [0.1, 0.15) is 11.6 Å². The van der Waals surface area contributed by atoms with Gasteiger partial charge in [-0.2, -0.15) is 4.31 Å². The van der Waals surface area contributed by atoms with Crippen molar-refractivity contribution in [2.45, 2.75) is 55.7 Å². The molecule has 0 bridgehead atoms. The molecule has 1 atom stereocenters. The number of sulfonamides is 1. The highest BCUT2D eigenvalue weighted by atomic mass is 32.2. The average Bonchev–Trinajstić information content (AvgIpc) is 2.99. The summed E-state index contributed by atoms with van der Waals surface area (Å²) in [4.78, 5) is 28.3. The van der Waals surface area contributed by atoms with E-state index in [9.17, 15) is 22.4 Å². The molecule has 1 aliphatic heterocycles. The molecule has 3 aromatic carbocycles. The summed E-state index contributed by atoms with van der Waals surface area (Å²) in [5.41, 5.74) is 1.40. The van der Waals surface area contributed by atoms with Crippen molar-refractivity contribution in [1.29, 1.82) is 0 Å². The van der Waals surface area contributed by atoms with E-state index in [1.54, 1.807) is 24.3 Å². The third kappa shape index (κ3) is 6.18. The van der Waals surface area contributed by atoms with Gasteiger partial charge in [-0.15, -0.1) is 0 Å². The summed E-state index contributed by atoms with van der Waals surface area (Å²) in [6.07, 6.45) is 3.03. The Morgan fingerprint density at radius 3 is 2.33 bits per heavy atom. The first kappa shape index (κ1) is 27.8. The number of fused-ring (bicyclic) bond motifs is 1. The molecule has 0 spiro atoms. The topological polar surface area (TPSA) is 96.0 Å². The Morgan fingerprint density at radius 2 is 1.60 bits per heavy atom. The van der Waals surface area contributed by atoms with Gasteiger partial charge in [0.05, 0.1) is 23.7 Å². The van der Waals surface area contributed by atoms with Gasteiger partial charge in [-0.3, -0.25) is 9.59 Å². The maximum Gasteiger partial charge on any atom is 0.263 e. The minimum absolute atomic E-state index is 0.0622. The second-order valence-corrected chi connectivity index (χ2v) is 12.0. The molecule has 0 saturated heterocycles. The molecule has 10 heteroatoms. The van der Waals surface area contributed by atoms with Crippen LogP contribution in [0.1, 0.15) is 37.7 Å². The molecule has 210 valence electrons. The molecule has 1 heterocycles. The highest BCUT2D eigenvalue weighted by molar-refractivity contribution is 7.89. The van der Waals surface area contributed by atoms with E-state index in [0.29, 0.717) is 30.8 Å². The maximum absolute atomic E-state index is 13.9. The number of para-hydroxylation sites is 2. The van der Waals surface area contributed by atoms with Gasteiger partial charge in [-0.25, -0.2) is 12.8 Å². The van der Waals surface area contributed by atoms with Crippen molar-refractivity contribution in [3.63, 3.8) is 0 Å². The maximum atomic E-state index is 13.9. The molecule has 40 heavy (non-hydrogen) atoms. The SMILES string of the molecule is O=C(NCc1ccccc1)[C@H]1CN(C(=O)CN(C2CCCCC2)S(=O)(=O)c2ccc(F)cc2)c2ccccc2O1. The van der Waals surface area contributed by atoms with E-state index in [2.05, 4.69) is 5.32 Å². The van der Waals surface area contributed by atoms with Crippen molar-refractivity contribution in [3.05, 3.63) is 90.2 Å². The van der Waals surface area contributed by atoms with Gasteiger partial charge in [0.25, 0.3) is 5.91 Å². The lowest BCUT2D eigenvalue weighted by atomic mass is 9.95. The molecule has 1 fully saturated rings. The van der Waals surface area contributed by atoms with E-state index in [-0.39, 0.29) is 23.4 Å². The smallest absolute Gasteiger partial charge is 0.263 e. The van der Waals surface area contributed by atoms with Crippen molar-refractivity contribution in [2.24, 2.45) is 0 Å². The number of halogens is 1. The van der Waals surface area contributed by atoms with Crippen LogP contribution in [0.2, 0.25) is 0 Å². The molecule has 5 rings (SSSR count). The van der Waals surface area contributed by atoms with Gasteiger partial charge in [0.15, 0.2) is 6.10 Å². The summed E-state index contributed by atoms with van der Waals surface area (Å²) < 4.78 is 48.3. The molecule has 0 radical (unpaired) electrons. The van der Waals surface area contributed by atoms with E-state index >= 15 is 0 Å². The number of benzene rings is 3. The van der Waals surface area contributed by atoms with Gasteiger partial charge < -0.3 is 15.0 Å². The van der Waals surface area contributed by atoms with E-state index in [1.165, 1.54) is 21.3 Å². The van der Waals surface area contributed by atoms with Crippen LogP contribution in [0.15, 0.2) is 83.8 Å². The molecular formula is C30H32FN3O5S. The highest BCUT2D eigenvalue weighted by Gasteiger charge is 2.38. The van der Waals surface area contributed by atoms with Crippen LogP contribution in [0.25, 0.3) is 0 Å². The van der Waals surface area contributed by atoms with Gasteiger partial charge >= 0.3 is 0 Å². The van der Waals surface area contributed by atoms with Crippen molar-refractivity contribution < 1.29 is 27.1 Å². The van der Waals surface area contributed by atoms with Gasteiger partial charge in [0, 0.05) is 12.6 Å². The van der Waals surface area contributed by atoms with Crippen LogP contribution in [0.3, 0.4) is 0 Å². The zero-order valence-electron chi connectivity index (χ0n) is 22.0. The number of ether oxygens (including phenoxy) is 1. The van der Waals surface area contributed by atoms with E-state index in [1.807, 2.05) is 30.3 Å². The zero-order chi connectivity index (χ0) is 28.1. The fourth-order valence-electron chi connectivity index (χ4n) is 5.25. The standard InChI is InChI=1S/C30H32FN3O5S/c31-23-15-17-25(18-16-23)40(37,38)34(24-11-5-2-6-12-24)21-29(35)33-20-28(39-27-14-8-7-13-26(27)33)30(36)32-19-22-9-3-1-4-10-22/h1,3-4,7-10,13-18,24,28H,2,5-6,11-12,19-21H2,(H,32,36)/t28-/m1/s1. The number of amides is 2. The monoisotopic (exact) mass is 565 g/mol. The number of rotatable bonds is 8. The first-order chi connectivity index (χ1) is 19.3. The fraction of sp³-hybridized carbons (Fsp3) is 0.333. The summed E-state index contributed by atoms with van der Waals surface area (Å²) in [5.74, 6) is -1.01. The fourth-order valence-corrected chi connectivity index (χ4v) is 6.88. The van der Waals surface area contributed by atoms with Crippen LogP contribution in [-0.2, 0) is 26.2 Å². The molecule has 0 unspecified atom stereocenters. The molecule has 0 aromatic heterocycles. The summed E-state index contributed by atoms with van der Waals surface area (Å²) in [5, 5.41) is 2.86. The molecule has 1 N–H and O–H groups in total. The molecule has 8 nitrogen and oxygen atoms in total. The number of nitrogens with one attached hydrogen (secondary N) is 1. The Balaban J connectivity index is 1.39. The van der Waals surface area contributed by atoms with Crippen LogP contribution in [-0.4, -0.2) is 49.8 Å². The third-order valence-corrected chi connectivity index (χ3v) is 9.28. The van der Waals surface area contributed by atoms with Crippen molar-refractivity contribution in [2.75, 3.05) is 18.0 Å². The Kier molecular flexibility index (Phi) is 8.46. The van der Waals surface area contributed by atoms with Crippen molar-refractivity contribution in [3.8, 4) is 5.75 Å². The minimum Gasteiger partial charge on any atom is -0.477 e. The summed E-state index contributed by atoms with van der Waals surface area (Å²) in [6.45, 7) is -0.164. The predicted octanol–water partition coefficient (Wildman–Crippen LogP) is 4.26. The third-order valence-electron chi connectivity index (χ3n) is 7.37. The number of hydrogen-bond acceptors (Lipinski definition) is 5. The van der Waals surface area contributed by atoms with Crippen molar-refractivity contribution in [1.82, 2.24) is 9.62 Å². The number of anilines is 1. The number of hydrogen-bond donors (Lipinski definition) is 1. The van der Waals surface area contributed by atoms with Crippen molar-refractivity contribution >= 4 is 27.5 Å². The minimum atomic E-state index is -4.09. The van der Waals surface area contributed by atoms with Gasteiger partial charge in [-0.1, -0.05) is 61.7 Å². The first-order valence-electron chi connectivity index (χ1n) is 13.5. The quantitative estimate of drug-likeness (QED) is 0.441. The van der Waals surface area contributed by atoms with Crippen LogP contribution < -0.4 is 15.0 Å². The average molecular weight is 566 g/mol. The predicted molar refractivity (Wildman–Crippen MR) is 149 cm³/mol. The highest BCUT2D eigenvalue weighted by Crippen LogP contribution is 2.34. The summed E-state index contributed by atoms with van der Waals surface area (Å²) >= 11 is 0. The van der Waals surface area contributed by atoms with E-state index in [4.69, 9.17) is 4.74 Å². The lowest BCUT2D eigenvalue weighted by Gasteiger charge is -2.37. The van der Waals surface area contributed by atoms with Crippen LogP contribution in [0.5, 0.6) is 5.75 Å². The van der Waals surface area contributed by atoms with Gasteiger partial charge in [0.2, 0.25) is 15.9 Å². The zero-order valence-corrected chi connectivity index (χ0v) is 22.9. The van der Waals surface area contributed by atoms with E-state index in [0.717, 1.165) is 37.0 Å². The molecular weight excluding hydrogens is 533 g/mol. The molecule has 2 amide bonds. The second-order valence-electron chi connectivity index (χ2n) is 10.1. The number of nitrogens with zero attached hydrogens (tertiary/aromatic N) is 2. The van der Waals surface area contributed by atoms with Crippen LogP contribution in [0, 0.1) is 5.82 Å². The number of carbonyl (C=O) groups is 2. The van der Waals surface area contributed by atoms with Gasteiger partial charge in [-0.05, 0) is 54.8 Å². The largest absolute Gasteiger partial charge is 0.477 e. The Hall–Kier alpha value is -3.76. The first-order valence-corrected chi connectivity index (χ1v) is 14.9. The Bertz CT molecular complexity index is 1440. The molecule has 1 aliphatic carbocycles. The van der Waals surface area contributed by atoms with Crippen LogP contribution >= 0.6 is 0 Å². The lowest BCUT2D eigenvalue weighted by molar-refractivity contribution is -0.128. The normalized spacial score (nSPS) is 17.6. The lowest BCUT2D eigenvalue weighted by Crippen LogP contribution is -2.54. The molecule has 2 aliphatic rings. The van der Waals surface area contributed by atoms with Crippen LogP contribution in [0.4, 0.5) is 10.1 Å². The molecule has 1 saturated carbocycles. The number of carbonyl (C=O) groups excluding carboxylic acids is 2. The summed E-state index contributed by atoms with van der Waals surface area (Å²) in [7, 11) is -4.09. The molecule has 3 aromatic rings. The summed E-state index contributed by atoms with van der Waals surface area (Å²) in [6, 6.07) is 20.6. The Labute approximate surface area is 233 Å².